The predicted molar refractivity (Wildman–Crippen MR) is 84.1 cm³/mol. The maximum atomic E-state index is 10.3. The molecule has 1 nitrogen and oxygen atoms in total. The molecule has 1 atom stereocenters. The summed E-state index contributed by atoms with van der Waals surface area (Å²) in [6.07, 6.45) is -0.476. The van der Waals surface area contributed by atoms with Crippen LogP contribution >= 0.6 is 45.3 Å². The van der Waals surface area contributed by atoms with E-state index in [0.717, 1.165) is 10.4 Å². The van der Waals surface area contributed by atoms with Crippen LogP contribution in [0.4, 0.5) is 0 Å². The minimum absolute atomic E-state index is 0.158. The Hall–Kier alpha value is 0.0900. The lowest BCUT2D eigenvalue weighted by Gasteiger charge is -2.15. The highest BCUT2D eigenvalue weighted by Gasteiger charge is 2.20. The molecule has 0 saturated carbocycles. The van der Waals surface area contributed by atoms with Crippen molar-refractivity contribution in [2.75, 3.05) is 0 Å². The summed E-state index contributed by atoms with van der Waals surface area (Å²) in [5.41, 5.74) is 1.16. The van der Waals surface area contributed by atoms with Gasteiger partial charge in [-0.2, -0.15) is 0 Å². The molecular formula is C13H15IOS2. The van der Waals surface area contributed by atoms with Crippen LogP contribution in [-0.4, -0.2) is 5.11 Å². The molecule has 0 bridgehead atoms. The van der Waals surface area contributed by atoms with Gasteiger partial charge in [0.1, 0.15) is 6.10 Å². The van der Waals surface area contributed by atoms with Crippen molar-refractivity contribution in [2.24, 2.45) is 0 Å². The molecule has 0 saturated heterocycles. The number of aliphatic hydroxyl groups is 1. The first-order chi connectivity index (χ1) is 7.88. The van der Waals surface area contributed by atoms with Crippen LogP contribution in [0.5, 0.6) is 0 Å². The SMILES string of the molecule is CC(C)(C)c1ccc(C(O)c2csc(I)c2)s1. The minimum atomic E-state index is -0.476. The van der Waals surface area contributed by atoms with Crippen molar-refractivity contribution in [1.82, 2.24) is 0 Å². The first-order valence-corrected chi connectivity index (χ1v) is 8.17. The maximum Gasteiger partial charge on any atom is 0.114 e. The fourth-order valence-corrected chi connectivity index (χ4v) is 4.00. The molecule has 0 aromatic carbocycles. The third kappa shape index (κ3) is 3.10. The van der Waals surface area contributed by atoms with Crippen LogP contribution in [0.25, 0.3) is 0 Å². The number of hydrogen-bond donors (Lipinski definition) is 1. The Morgan fingerprint density at radius 2 is 2.00 bits per heavy atom. The number of rotatable bonds is 2. The van der Waals surface area contributed by atoms with Gasteiger partial charge in [-0.1, -0.05) is 20.8 Å². The first kappa shape index (κ1) is 13.5. The van der Waals surface area contributed by atoms with Crippen LogP contribution < -0.4 is 0 Å². The second-order valence-corrected chi connectivity index (χ2v) is 8.96. The number of hydrogen-bond acceptors (Lipinski definition) is 3. The second-order valence-electron chi connectivity index (χ2n) is 5.04. The van der Waals surface area contributed by atoms with E-state index in [0.29, 0.717) is 0 Å². The van der Waals surface area contributed by atoms with Crippen LogP contribution in [0, 0.1) is 2.88 Å². The van der Waals surface area contributed by atoms with Crippen molar-refractivity contribution in [3.05, 3.63) is 41.8 Å². The summed E-state index contributed by atoms with van der Waals surface area (Å²) >= 11 is 5.66. The van der Waals surface area contributed by atoms with E-state index in [9.17, 15) is 5.11 Å². The summed E-state index contributed by atoms with van der Waals surface area (Å²) < 4.78 is 1.21. The maximum absolute atomic E-state index is 10.3. The molecule has 0 spiro atoms. The van der Waals surface area contributed by atoms with Gasteiger partial charge < -0.3 is 5.11 Å². The molecule has 4 heteroatoms. The van der Waals surface area contributed by atoms with Crippen molar-refractivity contribution >= 4 is 45.3 Å². The number of aliphatic hydroxyl groups excluding tert-OH is 1. The van der Waals surface area contributed by atoms with Crippen molar-refractivity contribution in [3.8, 4) is 0 Å². The molecule has 0 radical (unpaired) electrons. The highest BCUT2D eigenvalue weighted by atomic mass is 127. The van der Waals surface area contributed by atoms with Gasteiger partial charge in [0.2, 0.25) is 0 Å². The lowest BCUT2D eigenvalue weighted by molar-refractivity contribution is 0.224. The summed E-state index contributed by atoms with van der Waals surface area (Å²) in [5, 5.41) is 12.3. The van der Waals surface area contributed by atoms with Gasteiger partial charge in [-0.05, 0) is 57.1 Å². The van der Waals surface area contributed by atoms with Crippen LogP contribution in [0.15, 0.2) is 23.6 Å². The molecule has 2 aromatic rings. The average molecular weight is 378 g/mol. The number of halogens is 1. The summed E-state index contributed by atoms with van der Waals surface area (Å²) in [4.78, 5) is 2.35. The first-order valence-electron chi connectivity index (χ1n) is 5.40. The number of thiophene rings is 2. The molecule has 92 valence electrons. The minimum Gasteiger partial charge on any atom is -0.383 e. The Morgan fingerprint density at radius 1 is 1.29 bits per heavy atom. The van der Waals surface area contributed by atoms with E-state index in [4.69, 9.17) is 0 Å². The molecule has 0 fully saturated rings. The summed E-state index contributed by atoms with van der Waals surface area (Å²) in [6.45, 7) is 6.59. The average Bonchev–Trinajstić information content (AvgIpc) is 2.83. The normalized spacial score (nSPS) is 13.9. The molecule has 2 rings (SSSR count). The zero-order chi connectivity index (χ0) is 12.6. The predicted octanol–water partition coefficient (Wildman–Crippen LogP) is 4.79. The molecule has 2 heterocycles. The molecular weight excluding hydrogens is 363 g/mol. The van der Waals surface area contributed by atoms with E-state index in [-0.39, 0.29) is 5.41 Å². The molecule has 0 amide bonds. The van der Waals surface area contributed by atoms with Gasteiger partial charge in [-0.3, -0.25) is 0 Å². The lowest BCUT2D eigenvalue weighted by atomic mass is 9.95. The van der Waals surface area contributed by atoms with E-state index in [1.807, 2.05) is 17.5 Å². The lowest BCUT2D eigenvalue weighted by Crippen LogP contribution is -2.07. The monoisotopic (exact) mass is 378 g/mol. The van der Waals surface area contributed by atoms with Gasteiger partial charge in [-0.15, -0.1) is 22.7 Å². The third-order valence-corrected chi connectivity index (χ3v) is 5.91. The van der Waals surface area contributed by atoms with Gasteiger partial charge in [-0.25, -0.2) is 0 Å². The fourth-order valence-electron chi connectivity index (χ4n) is 1.53. The van der Waals surface area contributed by atoms with Crippen LogP contribution in [0.2, 0.25) is 0 Å². The highest BCUT2D eigenvalue weighted by molar-refractivity contribution is 14.1. The molecule has 2 aromatic heterocycles. The van der Waals surface area contributed by atoms with Crippen molar-refractivity contribution in [3.63, 3.8) is 0 Å². The van der Waals surface area contributed by atoms with Crippen LogP contribution in [-0.2, 0) is 5.41 Å². The third-order valence-electron chi connectivity index (χ3n) is 2.54. The van der Waals surface area contributed by atoms with E-state index in [1.165, 1.54) is 7.76 Å². The Balaban J connectivity index is 2.26. The molecule has 0 aliphatic carbocycles. The molecule has 17 heavy (non-hydrogen) atoms. The smallest absolute Gasteiger partial charge is 0.114 e. The quantitative estimate of drug-likeness (QED) is 0.745. The Labute approximate surface area is 124 Å². The van der Waals surface area contributed by atoms with Gasteiger partial charge in [0.05, 0.1) is 2.88 Å². The largest absolute Gasteiger partial charge is 0.383 e. The van der Waals surface area contributed by atoms with Crippen LogP contribution in [0.1, 0.15) is 42.2 Å². The Bertz CT molecular complexity index is 507. The van der Waals surface area contributed by atoms with E-state index in [1.54, 1.807) is 22.7 Å². The zero-order valence-corrected chi connectivity index (χ0v) is 13.8. The van der Waals surface area contributed by atoms with Gasteiger partial charge in [0.15, 0.2) is 0 Å². The van der Waals surface area contributed by atoms with Crippen molar-refractivity contribution in [1.29, 1.82) is 0 Å². The summed E-state index contributed by atoms with van der Waals surface area (Å²) in [7, 11) is 0. The molecule has 0 aliphatic rings. The molecule has 1 unspecified atom stereocenters. The highest BCUT2D eigenvalue weighted by Crippen LogP contribution is 2.35. The van der Waals surface area contributed by atoms with E-state index >= 15 is 0 Å². The van der Waals surface area contributed by atoms with Gasteiger partial charge >= 0.3 is 0 Å². The van der Waals surface area contributed by atoms with E-state index < -0.39 is 6.10 Å². The fraction of sp³-hybridized carbons (Fsp3) is 0.385. The van der Waals surface area contributed by atoms with Crippen LogP contribution in [0.3, 0.4) is 0 Å². The van der Waals surface area contributed by atoms with Gasteiger partial charge in [0, 0.05) is 9.75 Å². The molecule has 0 aliphatic heterocycles. The van der Waals surface area contributed by atoms with Gasteiger partial charge in [0.25, 0.3) is 0 Å². The summed E-state index contributed by atoms with van der Waals surface area (Å²) in [5.74, 6) is 0. The Kier molecular flexibility index (Phi) is 3.97. The standard InChI is InChI=1S/C13H15IOS2/c1-13(2,3)10-5-4-9(17-10)12(15)8-6-11(14)16-7-8/h4-7,12,15H,1-3H3. The second kappa shape index (κ2) is 4.99. The Morgan fingerprint density at radius 3 is 2.47 bits per heavy atom. The van der Waals surface area contributed by atoms with E-state index in [2.05, 4.69) is 49.4 Å². The topological polar surface area (TPSA) is 20.2 Å². The molecule has 1 N–H and O–H groups in total. The zero-order valence-electron chi connectivity index (χ0n) is 10.0. The van der Waals surface area contributed by atoms with Crippen molar-refractivity contribution in [2.45, 2.75) is 32.3 Å². The van der Waals surface area contributed by atoms with Crippen molar-refractivity contribution < 1.29 is 5.11 Å². The summed E-state index contributed by atoms with van der Waals surface area (Å²) in [6, 6.07) is 6.22.